The zero-order valence-corrected chi connectivity index (χ0v) is 22.5. The first-order valence-electron chi connectivity index (χ1n) is 13.0. The van der Waals surface area contributed by atoms with Crippen LogP contribution in [0, 0.1) is 0 Å². The molecule has 1 aromatic rings. The number of aryl methyl sites for hydroxylation is 1. The Kier molecular flexibility index (Phi) is 11.1. The van der Waals surface area contributed by atoms with Crippen LogP contribution >= 0.6 is 0 Å². The van der Waals surface area contributed by atoms with Gasteiger partial charge in [-0.25, -0.2) is 4.79 Å². The van der Waals surface area contributed by atoms with E-state index in [0.717, 1.165) is 44.1 Å². The average Bonchev–Trinajstić information content (AvgIpc) is 2.82. The molecule has 0 radical (unpaired) electrons. The molecule has 37 heavy (non-hydrogen) atoms. The molecule has 1 aromatic carbocycles. The predicted molar refractivity (Wildman–Crippen MR) is 142 cm³/mol. The molecule has 1 aliphatic carbocycles. The van der Waals surface area contributed by atoms with Crippen molar-refractivity contribution in [2.45, 2.75) is 96.4 Å². The minimum absolute atomic E-state index is 0.0162. The maximum absolute atomic E-state index is 13.8. The van der Waals surface area contributed by atoms with E-state index < -0.39 is 42.0 Å². The Labute approximate surface area is 220 Å². The lowest BCUT2D eigenvalue weighted by molar-refractivity contribution is -0.143. The van der Waals surface area contributed by atoms with E-state index in [1.165, 1.54) is 11.0 Å². The van der Waals surface area contributed by atoms with Crippen LogP contribution in [0.2, 0.25) is 0 Å². The van der Waals surface area contributed by atoms with Crippen molar-refractivity contribution >= 4 is 23.8 Å². The normalized spacial score (nSPS) is 15.7. The Morgan fingerprint density at radius 2 is 1.76 bits per heavy atom. The third kappa shape index (κ3) is 9.55. The molecule has 204 valence electrons. The minimum Gasteiger partial charge on any atom is -0.444 e. The number of rotatable bonds is 11. The van der Waals surface area contributed by atoms with E-state index in [-0.39, 0.29) is 18.5 Å². The molecule has 9 heteroatoms. The Morgan fingerprint density at radius 3 is 2.27 bits per heavy atom. The number of nitrogens with one attached hydrogen (secondary N) is 2. The van der Waals surface area contributed by atoms with E-state index in [0.29, 0.717) is 5.56 Å². The highest BCUT2D eigenvalue weighted by Crippen LogP contribution is 2.26. The van der Waals surface area contributed by atoms with Crippen LogP contribution in [0.1, 0.15) is 83.4 Å². The summed E-state index contributed by atoms with van der Waals surface area (Å²) in [6.07, 6.45) is 6.01. The molecule has 0 bridgehead atoms. The van der Waals surface area contributed by atoms with Crippen LogP contribution < -0.4 is 16.4 Å². The van der Waals surface area contributed by atoms with Gasteiger partial charge in [-0.3, -0.25) is 14.4 Å². The summed E-state index contributed by atoms with van der Waals surface area (Å²) in [6, 6.07) is 5.23. The number of primary amides is 1. The van der Waals surface area contributed by atoms with E-state index in [1.807, 2.05) is 31.2 Å². The fourth-order valence-corrected chi connectivity index (χ4v) is 4.45. The first kappa shape index (κ1) is 29.9. The second-order valence-corrected chi connectivity index (χ2v) is 10.5. The van der Waals surface area contributed by atoms with Crippen LogP contribution in [-0.2, 0) is 25.5 Å². The van der Waals surface area contributed by atoms with Gasteiger partial charge in [0.15, 0.2) is 0 Å². The number of nitrogens with two attached hydrogens (primary N) is 1. The van der Waals surface area contributed by atoms with Crippen molar-refractivity contribution in [3.63, 3.8) is 0 Å². The molecule has 0 aliphatic heterocycles. The van der Waals surface area contributed by atoms with Crippen LogP contribution in [0.3, 0.4) is 0 Å². The van der Waals surface area contributed by atoms with E-state index in [9.17, 15) is 19.2 Å². The molecule has 0 heterocycles. The molecule has 2 rings (SSSR count). The first-order valence-corrected chi connectivity index (χ1v) is 13.0. The predicted octanol–water partition coefficient (Wildman–Crippen LogP) is 3.52. The number of ether oxygens (including phenoxy) is 1. The lowest BCUT2D eigenvalue weighted by atomic mass is 9.94. The quantitative estimate of drug-likeness (QED) is 0.389. The zero-order valence-electron chi connectivity index (χ0n) is 22.5. The molecule has 0 aromatic heterocycles. The van der Waals surface area contributed by atoms with Crippen LogP contribution in [0.15, 0.2) is 36.9 Å². The number of benzene rings is 1. The van der Waals surface area contributed by atoms with Crippen LogP contribution in [0.4, 0.5) is 4.79 Å². The molecule has 1 saturated carbocycles. The highest BCUT2D eigenvalue weighted by Gasteiger charge is 2.37. The number of alkyl carbamates (subject to hydrolysis) is 1. The second-order valence-electron chi connectivity index (χ2n) is 10.5. The molecule has 0 saturated heterocycles. The molecule has 2 atom stereocenters. The number of nitrogens with zero attached hydrogens (tertiary/aromatic N) is 1. The first-order chi connectivity index (χ1) is 17.4. The molecule has 1 fully saturated rings. The van der Waals surface area contributed by atoms with Gasteiger partial charge in [-0.15, -0.1) is 6.58 Å². The van der Waals surface area contributed by atoms with Crippen LogP contribution in [0.5, 0.6) is 0 Å². The van der Waals surface area contributed by atoms with Crippen molar-refractivity contribution in [2.24, 2.45) is 5.73 Å². The van der Waals surface area contributed by atoms with Gasteiger partial charge < -0.3 is 26.0 Å². The van der Waals surface area contributed by atoms with Gasteiger partial charge in [0.2, 0.25) is 17.7 Å². The molecule has 4 amide bonds. The summed E-state index contributed by atoms with van der Waals surface area (Å²) in [5.41, 5.74) is 6.31. The van der Waals surface area contributed by atoms with Gasteiger partial charge in [0.05, 0.1) is 6.42 Å². The van der Waals surface area contributed by atoms with Gasteiger partial charge in [-0.05, 0) is 51.2 Å². The van der Waals surface area contributed by atoms with Gasteiger partial charge in [0.1, 0.15) is 17.7 Å². The lowest BCUT2D eigenvalue weighted by Crippen LogP contribution is -2.54. The van der Waals surface area contributed by atoms with Crippen molar-refractivity contribution in [2.75, 3.05) is 6.54 Å². The number of hydrogen-bond donors (Lipinski definition) is 3. The highest BCUT2D eigenvalue weighted by molar-refractivity contribution is 5.94. The maximum Gasteiger partial charge on any atom is 0.408 e. The Bertz CT molecular complexity index is 948. The van der Waals surface area contributed by atoms with Crippen molar-refractivity contribution in [3.8, 4) is 0 Å². The second kappa shape index (κ2) is 13.8. The summed E-state index contributed by atoms with van der Waals surface area (Å²) in [5.74, 6) is -1.72. The van der Waals surface area contributed by atoms with Gasteiger partial charge >= 0.3 is 6.09 Å². The molecule has 4 N–H and O–H groups in total. The third-order valence-electron chi connectivity index (χ3n) is 6.22. The lowest BCUT2D eigenvalue weighted by Gasteiger charge is -2.35. The van der Waals surface area contributed by atoms with E-state index in [2.05, 4.69) is 17.2 Å². The van der Waals surface area contributed by atoms with Crippen molar-refractivity contribution in [3.05, 3.63) is 48.0 Å². The van der Waals surface area contributed by atoms with Crippen molar-refractivity contribution in [1.82, 2.24) is 15.5 Å². The van der Waals surface area contributed by atoms with E-state index in [4.69, 9.17) is 10.5 Å². The Morgan fingerprint density at radius 1 is 1.14 bits per heavy atom. The summed E-state index contributed by atoms with van der Waals surface area (Å²) < 4.78 is 5.29. The molecular weight excluding hydrogens is 472 g/mol. The number of carbonyl (C=O) groups is 4. The summed E-state index contributed by atoms with van der Waals surface area (Å²) in [5, 5.41) is 5.59. The van der Waals surface area contributed by atoms with E-state index >= 15 is 0 Å². The number of amides is 4. The number of carbonyl (C=O) groups excluding carboxylic acids is 4. The minimum atomic E-state index is -1.31. The average molecular weight is 515 g/mol. The Hall–Kier alpha value is -3.36. The monoisotopic (exact) mass is 514 g/mol. The molecule has 9 nitrogen and oxygen atoms in total. The summed E-state index contributed by atoms with van der Waals surface area (Å²) in [6.45, 7) is 10.9. The zero-order chi connectivity index (χ0) is 27.6. The fourth-order valence-electron chi connectivity index (χ4n) is 4.45. The number of hydrogen-bond acceptors (Lipinski definition) is 5. The largest absolute Gasteiger partial charge is 0.444 e. The maximum atomic E-state index is 13.8. The van der Waals surface area contributed by atoms with Crippen LogP contribution in [0.25, 0.3) is 0 Å². The standard InChI is InChI=1S/C28H42N4O5/c1-6-17-32(26(35)22(18-23(29)33)31-27(36)37-28(3,4)5)24(20-15-13-19(7-2)14-16-20)25(34)30-21-11-9-8-10-12-21/h6,13-16,21-22,24H,1,7-12,17-18H2,2-5H3,(H2,29,33)(H,30,34)(H,31,36). The van der Waals surface area contributed by atoms with Gasteiger partial charge in [0.25, 0.3) is 0 Å². The summed E-state index contributed by atoms with van der Waals surface area (Å²) in [4.78, 5) is 53.2. The smallest absolute Gasteiger partial charge is 0.408 e. The van der Waals surface area contributed by atoms with Crippen molar-refractivity contribution in [1.29, 1.82) is 0 Å². The fraction of sp³-hybridized carbons (Fsp3) is 0.571. The SMILES string of the molecule is C=CCN(C(=O)C(CC(N)=O)NC(=O)OC(C)(C)C)C(C(=O)NC1CCCCC1)c1ccc(CC)cc1. The summed E-state index contributed by atoms with van der Waals surface area (Å²) in [7, 11) is 0. The van der Waals surface area contributed by atoms with Crippen LogP contribution in [-0.4, -0.2) is 52.9 Å². The molecule has 0 spiro atoms. The van der Waals surface area contributed by atoms with Crippen molar-refractivity contribution < 1.29 is 23.9 Å². The molecule has 1 aliphatic rings. The Balaban J connectivity index is 2.44. The highest BCUT2D eigenvalue weighted by atomic mass is 16.6. The molecular formula is C28H42N4O5. The van der Waals surface area contributed by atoms with Gasteiger partial charge in [-0.2, -0.15) is 0 Å². The van der Waals surface area contributed by atoms with E-state index in [1.54, 1.807) is 20.8 Å². The topological polar surface area (TPSA) is 131 Å². The molecule has 2 unspecified atom stereocenters. The third-order valence-corrected chi connectivity index (χ3v) is 6.22. The van der Waals surface area contributed by atoms with Gasteiger partial charge in [-0.1, -0.05) is 56.5 Å². The van der Waals surface area contributed by atoms with Gasteiger partial charge in [0, 0.05) is 12.6 Å². The summed E-state index contributed by atoms with van der Waals surface area (Å²) >= 11 is 0.